The van der Waals surface area contributed by atoms with Gasteiger partial charge in [0.05, 0.1) is 5.56 Å². The fourth-order valence-corrected chi connectivity index (χ4v) is 4.74. The van der Waals surface area contributed by atoms with E-state index in [2.05, 4.69) is 20.8 Å². The Bertz CT molecular complexity index is 952. The third kappa shape index (κ3) is 3.71. The highest BCUT2D eigenvalue weighted by molar-refractivity contribution is 5.56. The zero-order valence-electron chi connectivity index (χ0n) is 16.9. The molecule has 28 heavy (non-hydrogen) atoms. The van der Waals surface area contributed by atoms with E-state index < -0.39 is 0 Å². The van der Waals surface area contributed by atoms with Crippen LogP contribution in [-0.2, 0) is 0 Å². The van der Waals surface area contributed by atoms with E-state index in [9.17, 15) is 4.79 Å². The molecule has 1 aliphatic carbocycles. The Morgan fingerprint density at radius 1 is 1.14 bits per heavy atom. The van der Waals surface area contributed by atoms with Gasteiger partial charge in [0.2, 0.25) is 0 Å². The van der Waals surface area contributed by atoms with Gasteiger partial charge in [-0.05, 0) is 49.7 Å². The Morgan fingerprint density at radius 3 is 2.64 bits per heavy atom. The minimum atomic E-state index is -0.246. The Kier molecular flexibility index (Phi) is 5.01. The summed E-state index contributed by atoms with van der Waals surface area (Å²) in [5.74, 6) is 2.53. The first-order chi connectivity index (χ1) is 13.5. The molecule has 0 spiro atoms. The van der Waals surface area contributed by atoms with Crippen molar-refractivity contribution >= 4 is 12.2 Å². The number of allylic oxidation sites excluding steroid dienone is 2. The Labute approximate surface area is 166 Å². The second kappa shape index (κ2) is 7.46. The summed E-state index contributed by atoms with van der Waals surface area (Å²) < 4.78 is 11.9. The van der Waals surface area contributed by atoms with Gasteiger partial charge in [-0.25, -0.2) is 4.79 Å². The van der Waals surface area contributed by atoms with Crippen LogP contribution >= 0.6 is 0 Å². The summed E-state index contributed by atoms with van der Waals surface area (Å²) in [4.78, 5) is 12.8. The lowest BCUT2D eigenvalue weighted by Gasteiger charge is -2.48. The number of hydrogen-bond acceptors (Lipinski definition) is 3. The summed E-state index contributed by atoms with van der Waals surface area (Å²) in [7, 11) is 0. The van der Waals surface area contributed by atoms with Crippen LogP contribution in [0, 0.1) is 11.8 Å². The first-order valence-corrected chi connectivity index (χ1v) is 10.2. The molecular weight excluding hydrogens is 348 g/mol. The molecule has 3 heteroatoms. The van der Waals surface area contributed by atoms with E-state index in [4.69, 9.17) is 9.15 Å². The fourth-order valence-electron chi connectivity index (χ4n) is 4.74. The molecule has 4 rings (SSSR count). The van der Waals surface area contributed by atoms with Gasteiger partial charge in [-0.2, -0.15) is 0 Å². The van der Waals surface area contributed by atoms with E-state index in [1.165, 1.54) is 0 Å². The average molecular weight is 376 g/mol. The molecule has 1 aromatic carbocycles. The van der Waals surface area contributed by atoms with Gasteiger partial charge in [-0.3, -0.25) is 0 Å². The van der Waals surface area contributed by atoms with Crippen LogP contribution in [0.5, 0.6) is 5.75 Å². The fraction of sp³-hybridized carbons (Fsp3) is 0.400. The summed E-state index contributed by atoms with van der Waals surface area (Å²) in [6, 6.07) is 12.0. The molecule has 3 atom stereocenters. The number of hydrogen-bond donors (Lipinski definition) is 0. The largest absolute Gasteiger partial charge is 0.487 e. The molecule has 2 bridgehead atoms. The first kappa shape index (κ1) is 18.8. The van der Waals surface area contributed by atoms with E-state index in [0.29, 0.717) is 23.3 Å². The molecule has 0 saturated heterocycles. The van der Waals surface area contributed by atoms with Gasteiger partial charge in [0, 0.05) is 12.0 Å². The van der Waals surface area contributed by atoms with Crippen molar-refractivity contribution in [1.82, 2.24) is 0 Å². The number of benzene rings is 1. The maximum atomic E-state index is 12.8. The third-order valence-corrected chi connectivity index (χ3v) is 6.19. The van der Waals surface area contributed by atoms with E-state index in [-0.39, 0.29) is 17.1 Å². The second-order valence-electron chi connectivity index (χ2n) is 8.65. The highest BCUT2D eigenvalue weighted by atomic mass is 16.5. The van der Waals surface area contributed by atoms with Crippen molar-refractivity contribution in [3.8, 4) is 5.75 Å². The Morgan fingerprint density at radius 2 is 1.89 bits per heavy atom. The lowest BCUT2D eigenvalue weighted by molar-refractivity contribution is -0.00977. The molecule has 0 unspecified atom stereocenters. The topological polar surface area (TPSA) is 39.4 Å². The average Bonchev–Trinajstić information content (AvgIpc) is 2.65. The zero-order valence-corrected chi connectivity index (χ0v) is 16.9. The van der Waals surface area contributed by atoms with Crippen molar-refractivity contribution in [2.75, 3.05) is 0 Å². The van der Waals surface area contributed by atoms with E-state index >= 15 is 0 Å². The van der Waals surface area contributed by atoms with E-state index in [1.807, 2.05) is 60.7 Å². The molecule has 2 heterocycles. The quantitative estimate of drug-likeness (QED) is 0.609. The van der Waals surface area contributed by atoms with Crippen molar-refractivity contribution in [2.24, 2.45) is 11.8 Å². The van der Waals surface area contributed by atoms with Crippen LogP contribution in [0.2, 0.25) is 0 Å². The Hall–Kier alpha value is -2.55. The molecule has 0 radical (unpaired) electrons. The van der Waals surface area contributed by atoms with Crippen molar-refractivity contribution in [1.29, 1.82) is 0 Å². The summed E-state index contributed by atoms with van der Waals surface area (Å²) in [6.07, 6.45) is 10.7. The summed E-state index contributed by atoms with van der Waals surface area (Å²) in [5, 5.41) is 0. The third-order valence-electron chi connectivity index (χ3n) is 6.19. The standard InChI is InChI=1S/C25H28O3/c1-17(2)20-13-14-25(3)16-21(20)23-22(28-25)15-19(27-24(23)26)12-8-7-11-18-9-5-4-6-10-18/h4-12,15,17,20-21H,13-14,16H2,1-3H3/b11-7+,12-8+/t20-,21+,25+/m1/s1. The van der Waals surface area contributed by atoms with Crippen LogP contribution in [0.25, 0.3) is 12.2 Å². The van der Waals surface area contributed by atoms with Crippen LogP contribution in [0.15, 0.2) is 57.8 Å². The van der Waals surface area contributed by atoms with Crippen molar-refractivity contribution in [2.45, 2.75) is 51.6 Å². The van der Waals surface area contributed by atoms with Crippen LogP contribution in [-0.4, -0.2) is 5.60 Å². The van der Waals surface area contributed by atoms with Gasteiger partial charge in [0.15, 0.2) is 0 Å². The lowest BCUT2D eigenvalue weighted by Crippen LogP contribution is -2.46. The lowest BCUT2D eigenvalue weighted by atomic mass is 9.64. The molecule has 0 N–H and O–H groups in total. The smallest absolute Gasteiger partial charge is 0.343 e. The van der Waals surface area contributed by atoms with Gasteiger partial charge in [-0.15, -0.1) is 0 Å². The SMILES string of the molecule is CC(C)[C@H]1CC[C@@]2(C)C[C@@H]1c1c(cc(/C=C/C=C/c3ccccc3)oc1=O)O2. The van der Waals surface area contributed by atoms with Crippen molar-refractivity contribution in [3.05, 3.63) is 75.9 Å². The molecule has 0 amide bonds. The molecule has 2 aliphatic rings. The van der Waals surface area contributed by atoms with Crippen LogP contribution in [0.1, 0.15) is 62.8 Å². The van der Waals surface area contributed by atoms with Gasteiger partial charge in [0.1, 0.15) is 17.1 Å². The maximum absolute atomic E-state index is 12.8. The summed E-state index contributed by atoms with van der Waals surface area (Å²) in [5.41, 5.74) is 1.45. The molecule has 146 valence electrons. The van der Waals surface area contributed by atoms with Gasteiger partial charge in [0.25, 0.3) is 0 Å². The van der Waals surface area contributed by atoms with E-state index in [1.54, 1.807) is 0 Å². The molecule has 1 aromatic heterocycles. The summed E-state index contributed by atoms with van der Waals surface area (Å²) in [6.45, 7) is 6.67. The van der Waals surface area contributed by atoms with Crippen LogP contribution in [0.4, 0.5) is 0 Å². The van der Waals surface area contributed by atoms with E-state index in [0.717, 1.165) is 30.4 Å². The minimum absolute atomic E-state index is 0.176. The molecule has 2 aromatic rings. The second-order valence-corrected chi connectivity index (χ2v) is 8.65. The van der Waals surface area contributed by atoms with Gasteiger partial charge in [-0.1, -0.05) is 62.4 Å². The molecule has 3 nitrogen and oxygen atoms in total. The highest BCUT2D eigenvalue weighted by Gasteiger charge is 2.47. The van der Waals surface area contributed by atoms with Crippen molar-refractivity contribution in [3.63, 3.8) is 0 Å². The molecule has 1 saturated carbocycles. The number of ether oxygens (including phenoxy) is 1. The molecular formula is C25H28O3. The first-order valence-electron chi connectivity index (χ1n) is 10.2. The van der Waals surface area contributed by atoms with Crippen LogP contribution < -0.4 is 10.4 Å². The van der Waals surface area contributed by atoms with Gasteiger partial charge >= 0.3 is 5.63 Å². The number of fused-ring (bicyclic) bond motifs is 4. The summed E-state index contributed by atoms with van der Waals surface area (Å²) >= 11 is 0. The highest BCUT2D eigenvalue weighted by Crippen LogP contribution is 2.52. The van der Waals surface area contributed by atoms with Gasteiger partial charge < -0.3 is 9.15 Å². The number of rotatable bonds is 4. The Balaban J connectivity index is 1.62. The van der Waals surface area contributed by atoms with Crippen LogP contribution in [0.3, 0.4) is 0 Å². The normalized spacial score (nSPS) is 26.6. The molecule has 1 aliphatic heterocycles. The molecule has 1 fully saturated rings. The monoisotopic (exact) mass is 376 g/mol. The minimum Gasteiger partial charge on any atom is -0.487 e. The zero-order chi connectivity index (χ0) is 19.7. The maximum Gasteiger partial charge on any atom is 0.343 e. The van der Waals surface area contributed by atoms with Crippen molar-refractivity contribution < 1.29 is 9.15 Å². The predicted octanol–water partition coefficient (Wildman–Crippen LogP) is 6.06. The predicted molar refractivity (Wildman–Crippen MR) is 113 cm³/mol.